The smallest absolute Gasteiger partial charge is 0.303 e. The fraction of sp³-hybridized carbons (Fsp3) is 0.857. The van der Waals surface area contributed by atoms with Gasteiger partial charge in [0.2, 0.25) is 5.91 Å². The monoisotopic (exact) mass is 272 g/mol. The lowest BCUT2D eigenvalue weighted by Crippen LogP contribution is -2.43. The third-order valence-corrected chi connectivity index (χ3v) is 2.90. The number of hydrogen-bond donors (Lipinski definition) is 3. The molecule has 0 aliphatic heterocycles. The Kier molecular flexibility index (Phi) is 8.39. The highest BCUT2D eigenvalue weighted by Gasteiger charge is 2.19. The Hall–Kier alpha value is -1.10. The molecule has 0 radical (unpaired) electrons. The number of carbonyl (C=O) groups excluding carboxylic acids is 1. The van der Waals surface area contributed by atoms with Crippen molar-refractivity contribution < 1.29 is 14.7 Å². The van der Waals surface area contributed by atoms with Crippen LogP contribution in [0.4, 0.5) is 0 Å². The Morgan fingerprint density at radius 1 is 1.11 bits per heavy atom. The Morgan fingerprint density at radius 2 is 1.63 bits per heavy atom. The fourth-order valence-electron chi connectivity index (χ4n) is 2.14. The number of amides is 1. The molecular weight excluding hydrogens is 244 g/mol. The molecule has 0 aromatic rings. The van der Waals surface area contributed by atoms with Gasteiger partial charge in [-0.25, -0.2) is 0 Å². The van der Waals surface area contributed by atoms with Crippen LogP contribution in [-0.2, 0) is 9.59 Å². The van der Waals surface area contributed by atoms with E-state index in [2.05, 4.69) is 5.32 Å². The maximum absolute atomic E-state index is 11.8. The van der Waals surface area contributed by atoms with Crippen LogP contribution in [0.25, 0.3) is 0 Å². The van der Waals surface area contributed by atoms with E-state index in [1.807, 2.05) is 27.7 Å². The lowest BCUT2D eigenvalue weighted by Gasteiger charge is -2.20. The summed E-state index contributed by atoms with van der Waals surface area (Å²) < 4.78 is 0. The first-order valence-electron chi connectivity index (χ1n) is 6.97. The zero-order valence-corrected chi connectivity index (χ0v) is 12.5. The predicted molar refractivity (Wildman–Crippen MR) is 75.6 cm³/mol. The van der Waals surface area contributed by atoms with Gasteiger partial charge in [0.1, 0.15) is 0 Å². The molecule has 0 spiro atoms. The summed E-state index contributed by atoms with van der Waals surface area (Å²) in [7, 11) is 0. The number of nitrogens with one attached hydrogen (secondary N) is 1. The van der Waals surface area contributed by atoms with E-state index in [1.54, 1.807) is 0 Å². The van der Waals surface area contributed by atoms with E-state index >= 15 is 0 Å². The second-order valence-corrected chi connectivity index (χ2v) is 6.07. The van der Waals surface area contributed by atoms with Crippen molar-refractivity contribution in [3.63, 3.8) is 0 Å². The number of aliphatic carboxylic acids is 1. The molecule has 0 saturated heterocycles. The topological polar surface area (TPSA) is 92.4 Å². The number of carboxylic acids is 1. The van der Waals surface area contributed by atoms with Crippen LogP contribution in [0.15, 0.2) is 0 Å². The summed E-state index contributed by atoms with van der Waals surface area (Å²) in [5, 5.41) is 11.6. The average Bonchev–Trinajstić information content (AvgIpc) is 2.22. The van der Waals surface area contributed by atoms with Crippen LogP contribution in [0.3, 0.4) is 0 Å². The van der Waals surface area contributed by atoms with Crippen molar-refractivity contribution in [2.24, 2.45) is 23.5 Å². The second-order valence-electron chi connectivity index (χ2n) is 6.07. The van der Waals surface area contributed by atoms with Crippen LogP contribution in [0.1, 0.15) is 47.0 Å². The normalized spacial score (nSPS) is 14.5. The molecule has 1 amide bonds. The molecule has 0 heterocycles. The Balaban J connectivity index is 4.22. The van der Waals surface area contributed by atoms with E-state index in [9.17, 15) is 9.59 Å². The van der Waals surface area contributed by atoms with Gasteiger partial charge in [-0.2, -0.15) is 0 Å². The molecule has 112 valence electrons. The van der Waals surface area contributed by atoms with Crippen molar-refractivity contribution in [1.29, 1.82) is 0 Å². The summed E-state index contributed by atoms with van der Waals surface area (Å²) in [6, 6.07) is -0.510. The van der Waals surface area contributed by atoms with Crippen LogP contribution in [0.5, 0.6) is 0 Å². The lowest BCUT2D eigenvalue weighted by atomic mass is 9.94. The molecule has 0 rings (SSSR count). The number of nitrogens with two attached hydrogens (primary N) is 1. The van der Waals surface area contributed by atoms with Gasteiger partial charge < -0.3 is 16.2 Å². The van der Waals surface area contributed by atoms with Gasteiger partial charge in [-0.3, -0.25) is 9.59 Å². The summed E-state index contributed by atoms with van der Waals surface area (Å²) in [6.45, 7) is 8.50. The van der Waals surface area contributed by atoms with Crippen molar-refractivity contribution in [3.05, 3.63) is 0 Å². The van der Waals surface area contributed by atoms with Gasteiger partial charge in [0.05, 0.1) is 6.04 Å². The van der Waals surface area contributed by atoms with Crippen LogP contribution in [0, 0.1) is 17.8 Å². The molecule has 0 aromatic heterocycles. The minimum Gasteiger partial charge on any atom is -0.481 e. The summed E-state index contributed by atoms with van der Waals surface area (Å²) in [5.41, 5.74) is 5.78. The minimum absolute atomic E-state index is 0.0345. The van der Waals surface area contributed by atoms with Crippen LogP contribution in [0.2, 0.25) is 0 Å². The standard InChI is InChI=1S/C14H28N2O3/c1-9(2)5-11(7-13(17)18)8-16-14(19)12(15)6-10(3)4/h9-12H,5-8,15H2,1-4H3,(H,16,19)(H,17,18)/t11-,12+/m1/s1. The van der Waals surface area contributed by atoms with Crippen molar-refractivity contribution in [2.75, 3.05) is 6.54 Å². The van der Waals surface area contributed by atoms with E-state index < -0.39 is 12.0 Å². The van der Waals surface area contributed by atoms with E-state index in [0.29, 0.717) is 24.8 Å². The molecule has 4 N–H and O–H groups in total. The molecular formula is C14H28N2O3. The van der Waals surface area contributed by atoms with Crippen LogP contribution >= 0.6 is 0 Å². The molecule has 2 atom stereocenters. The van der Waals surface area contributed by atoms with E-state index in [1.165, 1.54) is 0 Å². The van der Waals surface area contributed by atoms with Crippen molar-refractivity contribution in [2.45, 2.75) is 53.0 Å². The van der Waals surface area contributed by atoms with Gasteiger partial charge >= 0.3 is 5.97 Å². The third kappa shape index (κ3) is 9.47. The molecule has 0 unspecified atom stereocenters. The van der Waals surface area contributed by atoms with Crippen molar-refractivity contribution >= 4 is 11.9 Å². The van der Waals surface area contributed by atoms with E-state index in [4.69, 9.17) is 10.8 Å². The Bertz CT molecular complexity index is 290. The maximum Gasteiger partial charge on any atom is 0.303 e. The second kappa shape index (κ2) is 8.91. The zero-order chi connectivity index (χ0) is 15.0. The SMILES string of the molecule is CC(C)C[C@@H](CNC(=O)[C@@H](N)CC(C)C)CC(=O)O. The van der Waals surface area contributed by atoms with E-state index in [0.717, 1.165) is 6.42 Å². The largest absolute Gasteiger partial charge is 0.481 e. The first kappa shape index (κ1) is 17.9. The number of carbonyl (C=O) groups is 2. The summed E-state index contributed by atoms with van der Waals surface area (Å²) >= 11 is 0. The van der Waals surface area contributed by atoms with Gasteiger partial charge in [0.15, 0.2) is 0 Å². The summed E-state index contributed by atoms with van der Waals surface area (Å²) in [5.74, 6) is -0.274. The highest BCUT2D eigenvalue weighted by atomic mass is 16.4. The molecule has 5 heteroatoms. The van der Waals surface area contributed by atoms with Gasteiger partial charge in [-0.05, 0) is 30.6 Å². The minimum atomic E-state index is -0.827. The summed E-state index contributed by atoms with van der Waals surface area (Å²) in [6.07, 6.45) is 1.50. The quantitative estimate of drug-likeness (QED) is 0.594. The van der Waals surface area contributed by atoms with Crippen LogP contribution in [-0.4, -0.2) is 29.6 Å². The third-order valence-electron chi connectivity index (χ3n) is 2.90. The molecule has 0 fully saturated rings. The first-order chi connectivity index (χ1) is 8.72. The Labute approximate surface area is 115 Å². The molecule has 0 bridgehead atoms. The molecule has 19 heavy (non-hydrogen) atoms. The molecule has 0 saturated carbocycles. The molecule has 0 aliphatic rings. The zero-order valence-electron chi connectivity index (χ0n) is 12.5. The van der Waals surface area contributed by atoms with Gasteiger partial charge in [0, 0.05) is 13.0 Å². The van der Waals surface area contributed by atoms with E-state index in [-0.39, 0.29) is 18.2 Å². The molecule has 0 aliphatic carbocycles. The average molecular weight is 272 g/mol. The maximum atomic E-state index is 11.8. The highest BCUT2D eigenvalue weighted by molar-refractivity contribution is 5.81. The predicted octanol–water partition coefficient (Wildman–Crippen LogP) is 1.61. The van der Waals surface area contributed by atoms with Crippen molar-refractivity contribution in [1.82, 2.24) is 5.32 Å². The number of hydrogen-bond acceptors (Lipinski definition) is 3. The van der Waals surface area contributed by atoms with Gasteiger partial charge in [-0.1, -0.05) is 27.7 Å². The van der Waals surface area contributed by atoms with Gasteiger partial charge in [0.25, 0.3) is 0 Å². The first-order valence-corrected chi connectivity index (χ1v) is 6.97. The molecule has 5 nitrogen and oxygen atoms in total. The van der Waals surface area contributed by atoms with Crippen molar-refractivity contribution in [3.8, 4) is 0 Å². The highest BCUT2D eigenvalue weighted by Crippen LogP contribution is 2.15. The van der Waals surface area contributed by atoms with Gasteiger partial charge in [-0.15, -0.1) is 0 Å². The lowest BCUT2D eigenvalue weighted by molar-refractivity contribution is -0.138. The van der Waals surface area contributed by atoms with Crippen LogP contribution < -0.4 is 11.1 Å². The number of carboxylic acid groups (broad SMARTS) is 1. The Morgan fingerprint density at radius 3 is 2.05 bits per heavy atom. The number of rotatable bonds is 9. The fourth-order valence-corrected chi connectivity index (χ4v) is 2.14. The molecule has 0 aromatic carbocycles. The summed E-state index contributed by atoms with van der Waals surface area (Å²) in [4.78, 5) is 22.5.